The molecule has 5 N–H and O–H groups in total. The Kier molecular flexibility index (Phi) is 5.13. The third kappa shape index (κ3) is 3.71. The summed E-state index contributed by atoms with van der Waals surface area (Å²) in [6.07, 6.45) is 1.41. The zero-order valence-corrected chi connectivity index (χ0v) is 15.1. The predicted molar refractivity (Wildman–Crippen MR) is 98.7 cm³/mol. The minimum absolute atomic E-state index is 0.00873. The van der Waals surface area contributed by atoms with Gasteiger partial charge in [-0.25, -0.2) is 0 Å². The summed E-state index contributed by atoms with van der Waals surface area (Å²) in [5, 5.41) is 14.0. The molecular weight excluding hydrogens is 340 g/mol. The zero-order chi connectivity index (χ0) is 18.1. The number of morpholine rings is 1. The highest BCUT2D eigenvalue weighted by Crippen LogP contribution is 2.37. The third-order valence-electron chi connectivity index (χ3n) is 4.62. The number of hydrogen-bond acceptors (Lipinski definition) is 5. The van der Waals surface area contributed by atoms with E-state index in [1.165, 1.54) is 0 Å². The molecule has 0 radical (unpaired) electrons. The number of nitrogens with two attached hydrogens (primary N) is 1. The van der Waals surface area contributed by atoms with Crippen LogP contribution in [0.3, 0.4) is 0 Å². The number of amides is 1. The summed E-state index contributed by atoms with van der Waals surface area (Å²) in [7, 11) is 0. The molecule has 2 fully saturated rings. The van der Waals surface area contributed by atoms with Crippen LogP contribution >= 0.6 is 11.6 Å². The van der Waals surface area contributed by atoms with Crippen LogP contribution < -0.4 is 16.4 Å². The average Bonchev–Trinajstić information content (AvgIpc) is 3.23. The number of allylic oxidation sites excluding steroid dienone is 1. The molecule has 1 aromatic carbocycles. The SMILES string of the molecule is CC(C)C(=N)/C(Cl)=C(\N)C(=O)Nc1ccc([C@@H]2O[C@H]3CN[C@@H]2C3)cc1. The molecular formula is C18H23ClN4O2. The van der Waals surface area contributed by atoms with Gasteiger partial charge in [-0.3, -0.25) is 4.79 Å². The fraction of sp³-hybridized carbons (Fsp3) is 0.444. The molecule has 2 aliphatic heterocycles. The van der Waals surface area contributed by atoms with Crippen molar-refractivity contribution >= 4 is 28.9 Å². The number of carbonyl (C=O) groups is 1. The van der Waals surface area contributed by atoms with Gasteiger partial charge in [0.05, 0.1) is 23.0 Å². The molecule has 2 heterocycles. The maximum Gasteiger partial charge on any atom is 0.273 e. The monoisotopic (exact) mass is 362 g/mol. The van der Waals surface area contributed by atoms with E-state index < -0.39 is 5.91 Å². The molecule has 0 aromatic heterocycles. The van der Waals surface area contributed by atoms with Gasteiger partial charge in [0.25, 0.3) is 5.91 Å². The van der Waals surface area contributed by atoms with E-state index >= 15 is 0 Å². The third-order valence-corrected chi connectivity index (χ3v) is 5.03. The van der Waals surface area contributed by atoms with Crippen molar-refractivity contribution in [2.75, 3.05) is 11.9 Å². The van der Waals surface area contributed by atoms with E-state index in [1.54, 1.807) is 0 Å². The molecule has 25 heavy (non-hydrogen) atoms. The fourth-order valence-electron chi connectivity index (χ4n) is 3.13. The van der Waals surface area contributed by atoms with Crippen LogP contribution in [0, 0.1) is 11.3 Å². The fourth-order valence-corrected chi connectivity index (χ4v) is 3.44. The van der Waals surface area contributed by atoms with Crippen LogP contribution in [0.4, 0.5) is 5.69 Å². The highest BCUT2D eigenvalue weighted by atomic mass is 35.5. The maximum atomic E-state index is 12.2. The van der Waals surface area contributed by atoms with Gasteiger partial charge in [0.15, 0.2) is 0 Å². The Morgan fingerprint density at radius 2 is 2.08 bits per heavy atom. The Hall–Kier alpha value is -1.89. The van der Waals surface area contributed by atoms with E-state index in [9.17, 15) is 4.79 Å². The van der Waals surface area contributed by atoms with Gasteiger partial charge >= 0.3 is 0 Å². The molecule has 0 saturated carbocycles. The smallest absolute Gasteiger partial charge is 0.273 e. The van der Waals surface area contributed by atoms with Gasteiger partial charge in [-0.1, -0.05) is 37.6 Å². The van der Waals surface area contributed by atoms with Crippen LogP contribution in [0.2, 0.25) is 0 Å². The van der Waals surface area contributed by atoms with Crippen molar-refractivity contribution in [1.82, 2.24) is 5.32 Å². The first-order valence-corrected chi connectivity index (χ1v) is 8.78. The van der Waals surface area contributed by atoms with Crippen molar-refractivity contribution in [3.05, 3.63) is 40.6 Å². The zero-order valence-electron chi connectivity index (χ0n) is 14.3. The number of ether oxygens (including phenoxy) is 1. The molecule has 1 aromatic rings. The molecule has 2 bridgehead atoms. The Labute approximate surface area is 152 Å². The quantitative estimate of drug-likeness (QED) is 0.477. The highest BCUT2D eigenvalue weighted by Gasteiger charge is 2.41. The van der Waals surface area contributed by atoms with Crippen LogP contribution in [0.25, 0.3) is 0 Å². The maximum absolute atomic E-state index is 12.2. The summed E-state index contributed by atoms with van der Waals surface area (Å²) in [4.78, 5) is 12.2. The Bertz CT molecular complexity index is 714. The minimum Gasteiger partial charge on any atom is -0.393 e. The summed E-state index contributed by atoms with van der Waals surface area (Å²) < 4.78 is 5.97. The summed E-state index contributed by atoms with van der Waals surface area (Å²) in [5.41, 5.74) is 7.48. The molecule has 3 atom stereocenters. The van der Waals surface area contributed by atoms with Crippen molar-refractivity contribution in [1.29, 1.82) is 5.41 Å². The highest BCUT2D eigenvalue weighted by molar-refractivity contribution is 6.45. The van der Waals surface area contributed by atoms with Crippen LogP contribution in [-0.4, -0.2) is 30.3 Å². The molecule has 2 saturated heterocycles. The molecule has 0 aliphatic carbocycles. The normalized spacial score (nSPS) is 25.8. The molecule has 134 valence electrons. The lowest BCUT2D eigenvalue weighted by atomic mass is 10.0. The summed E-state index contributed by atoms with van der Waals surface area (Å²) in [5.74, 6) is -0.616. The van der Waals surface area contributed by atoms with Crippen molar-refractivity contribution in [2.45, 2.75) is 38.5 Å². The molecule has 2 aliphatic rings. The lowest BCUT2D eigenvalue weighted by Crippen LogP contribution is -2.33. The van der Waals surface area contributed by atoms with Gasteiger partial charge in [0.1, 0.15) is 5.70 Å². The van der Waals surface area contributed by atoms with E-state index in [-0.39, 0.29) is 28.5 Å². The largest absolute Gasteiger partial charge is 0.393 e. The van der Waals surface area contributed by atoms with Crippen LogP contribution in [0.1, 0.15) is 31.9 Å². The van der Waals surface area contributed by atoms with E-state index in [0.717, 1.165) is 18.5 Å². The standard InChI is InChI=1S/C18H23ClN4O2/c1-9(2)15(20)14(19)16(21)18(24)23-11-5-3-10(4-6-11)17-13-7-12(25-17)8-22-13/h3-6,9,12-13,17,20,22H,7-8,21H2,1-2H3,(H,23,24)/b16-14+,20-15?/t12-,13-,17+/m1/s1. The number of benzene rings is 1. The molecule has 0 unspecified atom stereocenters. The van der Waals surface area contributed by atoms with Gasteiger partial charge in [-0.2, -0.15) is 0 Å². The van der Waals surface area contributed by atoms with Crippen molar-refractivity contribution in [3.8, 4) is 0 Å². The first kappa shape index (κ1) is 17.9. The first-order valence-electron chi connectivity index (χ1n) is 8.41. The summed E-state index contributed by atoms with van der Waals surface area (Å²) in [6, 6.07) is 7.89. The second-order valence-electron chi connectivity index (χ2n) is 6.80. The van der Waals surface area contributed by atoms with E-state index in [1.807, 2.05) is 38.1 Å². The molecule has 7 heteroatoms. The lowest BCUT2D eigenvalue weighted by Gasteiger charge is -2.23. The van der Waals surface area contributed by atoms with Crippen molar-refractivity contribution in [2.24, 2.45) is 11.7 Å². The van der Waals surface area contributed by atoms with Crippen LogP contribution in [0.5, 0.6) is 0 Å². The van der Waals surface area contributed by atoms with Gasteiger partial charge in [0.2, 0.25) is 0 Å². The first-order chi connectivity index (χ1) is 11.9. The van der Waals surface area contributed by atoms with E-state index in [2.05, 4.69) is 10.6 Å². The number of hydrogen-bond donors (Lipinski definition) is 4. The minimum atomic E-state index is -0.513. The Morgan fingerprint density at radius 3 is 2.60 bits per heavy atom. The number of carbonyl (C=O) groups excluding carboxylic acids is 1. The second-order valence-corrected chi connectivity index (χ2v) is 7.18. The van der Waals surface area contributed by atoms with Gasteiger partial charge in [-0.15, -0.1) is 0 Å². The van der Waals surface area contributed by atoms with Crippen LogP contribution in [0.15, 0.2) is 35.0 Å². The van der Waals surface area contributed by atoms with Gasteiger partial charge in [0, 0.05) is 18.3 Å². The molecule has 1 amide bonds. The summed E-state index contributed by atoms with van der Waals surface area (Å²) >= 11 is 6.03. The van der Waals surface area contributed by atoms with Crippen molar-refractivity contribution in [3.63, 3.8) is 0 Å². The Balaban J connectivity index is 1.66. The Morgan fingerprint density at radius 1 is 1.40 bits per heavy atom. The predicted octanol–water partition coefficient (Wildman–Crippen LogP) is 2.51. The molecule has 0 spiro atoms. The topological polar surface area (TPSA) is 100 Å². The number of nitrogens with one attached hydrogen (secondary N) is 3. The number of fused-ring (bicyclic) bond motifs is 2. The van der Waals surface area contributed by atoms with Crippen molar-refractivity contribution < 1.29 is 9.53 Å². The van der Waals surface area contributed by atoms with E-state index in [4.69, 9.17) is 27.5 Å². The van der Waals surface area contributed by atoms with Crippen LogP contribution in [-0.2, 0) is 9.53 Å². The van der Waals surface area contributed by atoms with Gasteiger partial charge in [-0.05, 0) is 30.0 Å². The average molecular weight is 363 g/mol. The lowest BCUT2D eigenvalue weighted by molar-refractivity contribution is -0.112. The van der Waals surface area contributed by atoms with Gasteiger partial charge < -0.3 is 26.5 Å². The van der Waals surface area contributed by atoms with E-state index in [0.29, 0.717) is 17.8 Å². The molecule has 3 rings (SSSR count). The number of rotatable bonds is 5. The summed E-state index contributed by atoms with van der Waals surface area (Å²) in [6.45, 7) is 4.57. The number of anilines is 1. The molecule has 6 nitrogen and oxygen atoms in total. The second kappa shape index (κ2) is 7.15. The number of halogens is 1.